The van der Waals surface area contributed by atoms with Crippen LogP contribution in [0.3, 0.4) is 0 Å². The van der Waals surface area contributed by atoms with Crippen LogP contribution in [0.25, 0.3) is 0 Å². The largest absolute Gasteiger partial charge is 0.321 e. The summed E-state index contributed by atoms with van der Waals surface area (Å²) >= 11 is 1.70. The van der Waals surface area contributed by atoms with Crippen molar-refractivity contribution in [1.29, 1.82) is 0 Å². The number of hydrogen-bond acceptors (Lipinski definition) is 3. The SMILES string of the molecule is Cc1cscc1CN1C(=O)C(C)NC1C(C)C. The van der Waals surface area contributed by atoms with Gasteiger partial charge in [0.05, 0.1) is 12.2 Å². The van der Waals surface area contributed by atoms with Crippen molar-refractivity contribution in [3.05, 3.63) is 21.9 Å². The lowest BCUT2D eigenvalue weighted by molar-refractivity contribution is -0.130. The Balaban J connectivity index is 2.18. The summed E-state index contributed by atoms with van der Waals surface area (Å²) in [7, 11) is 0. The molecule has 2 atom stereocenters. The highest BCUT2D eigenvalue weighted by atomic mass is 32.1. The van der Waals surface area contributed by atoms with Gasteiger partial charge in [0.15, 0.2) is 0 Å². The lowest BCUT2D eigenvalue weighted by Gasteiger charge is -2.27. The molecule has 1 aromatic heterocycles. The van der Waals surface area contributed by atoms with Crippen LogP contribution in [0.15, 0.2) is 10.8 Å². The molecular weight excluding hydrogens is 232 g/mol. The van der Waals surface area contributed by atoms with Gasteiger partial charge in [-0.15, -0.1) is 0 Å². The van der Waals surface area contributed by atoms with Gasteiger partial charge >= 0.3 is 0 Å². The van der Waals surface area contributed by atoms with Gasteiger partial charge in [0, 0.05) is 6.54 Å². The van der Waals surface area contributed by atoms with Gasteiger partial charge < -0.3 is 4.90 Å². The van der Waals surface area contributed by atoms with Gasteiger partial charge in [-0.3, -0.25) is 10.1 Å². The third kappa shape index (κ3) is 2.38. The number of nitrogens with zero attached hydrogens (tertiary/aromatic N) is 1. The molecule has 0 saturated carbocycles. The van der Waals surface area contributed by atoms with Crippen LogP contribution in [0.5, 0.6) is 0 Å². The summed E-state index contributed by atoms with van der Waals surface area (Å²) in [6.45, 7) is 9.08. The van der Waals surface area contributed by atoms with Gasteiger partial charge in [0.2, 0.25) is 5.91 Å². The van der Waals surface area contributed by atoms with E-state index < -0.39 is 0 Å². The second kappa shape index (κ2) is 4.78. The monoisotopic (exact) mass is 252 g/mol. The Labute approximate surface area is 107 Å². The molecule has 0 radical (unpaired) electrons. The minimum atomic E-state index is -0.0543. The van der Waals surface area contributed by atoms with Crippen molar-refractivity contribution in [2.24, 2.45) is 5.92 Å². The smallest absolute Gasteiger partial charge is 0.241 e. The van der Waals surface area contributed by atoms with E-state index in [9.17, 15) is 4.79 Å². The number of amides is 1. The Bertz CT molecular complexity index is 413. The standard InChI is InChI=1S/C13H20N2OS/c1-8(2)12-14-10(4)13(16)15(12)5-11-7-17-6-9(11)3/h6-8,10,12,14H,5H2,1-4H3. The highest BCUT2D eigenvalue weighted by Crippen LogP contribution is 2.23. The Hall–Kier alpha value is -0.870. The quantitative estimate of drug-likeness (QED) is 0.895. The van der Waals surface area contributed by atoms with Crippen LogP contribution in [0.1, 0.15) is 31.9 Å². The fourth-order valence-corrected chi connectivity index (χ4v) is 3.11. The summed E-state index contributed by atoms with van der Waals surface area (Å²) in [4.78, 5) is 14.1. The molecule has 2 rings (SSSR count). The van der Waals surface area contributed by atoms with E-state index >= 15 is 0 Å². The maximum atomic E-state index is 12.1. The van der Waals surface area contributed by atoms with Gasteiger partial charge in [-0.2, -0.15) is 11.3 Å². The molecule has 1 saturated heterocycles. The molecule has 2 unspecified atom stereocenters. The average Bonchev–Trinajstić information content (AvgIpc) is 2.78. The molecular formula is C13H20N2OS. The third-order valence-corrected chi connectivity index (χ3v) is 4.25. The summed E-state index contributed by atoms with van der Waals surface area (Å²) < 4.78 is 0. The van der Waals surface area contributed by atoms with Crippen LogP contribution >= 0.6 is 11.3 Å². The Kier molecular flexibility index (Phi) is 3.54. The minimum absolute atomic E-state index is 0.0543. The van der Waals surface area contributed by atoms with E-state index in [0.717, 1.165) is 6.54 Å². The second-order valence-corrected chi connectivity index (χ2v) is 5.87. The van der Waals surface area contributed by atoms with Gasteiger partial charge in [-0.25, -0.2) is 0 Å². The first kappa shape index (κ1) is 12.6. The topological polar surface area (TPSA) is 32.3 Å². The Morgan fingerprint density at radius 1 is 1.47 bits per heavy atom. The Morgan fingerprint density at radius 2 is 2.18 bits per heavy atom. The fraction of sp³-hybridized carbons (Fsp3) is 0.615. The van der Waals surface area contributed by atoms with Crippen molar-refractivity contribution >= 4 is 17.2 Å². The number of rotatable bonds is 3. The molecule has 1 aliphatic rings. The first-order valence-corrected chi connectivity index (χ1v) is 7.03. The lowest BCUT2D eigenvalue weighted by Crippen LogP contribution is -2.41. The fourth-order valence-electron chi connectivity index (χ4n) is 2.26. The van der Waals surface area contributed by atoms with Crippen molar-refractivity contribution in [2.45, 2.75) is 46.4 Å². The van der Waals surface area contributed by atoms with Crippen LogP contribution < -0.4 is 5.32 Å². The van der Waals surface area contributed by atoms with Crippen LogP contribution in [0.4, 0.5) is 0 Å². The van der Waals surface area contributed by atoms with E-state index in [4.69, 9.17) is 0 Å². The van der Waals surface area contributed by atoms with Gasteiger partial charge in [0.25, 0.3) is 0 Å². The summed E-state index contributed by atoms with van der Waals surface area (Å²) in [5.74, 6) is 0.650. The minimum Gasteiger partial charge on any atom is -0.321 e. The molecule has 3 nitrogen and oxygen atoms in total. The number of nitrogens with one attached hydrogen (secondary N) is 1. The third-order valence-electron chi connectivity index (χ3n) is 3.34. The van der Waals surface area contributed by atoms with E-state index in [-0.39, 0.29) is 18.1 Å². The van der Waals surface area contributed by atoms with E-state index in [0.29, 0.717) is 5.92 Å². The van der Waals surface area contributed by atoms with Crippen molar-refractivity contribution in [3.8, 4) is 0 Å². The van der Waals surface area contributed by atoms with E-state index in [1.807, 2.05) is 11.8 Å². The molecule has 1 aliphatic heterocycles. The summed E-state index contributed by atoms with van der Waals surface area (Å²) in [6.07, 6.45) is 0.164. The predicted molar refractivity (Wildman–Crippen MR) is 70.8 cm³/mol. The molecule has 1 N–H and O–H groups in total. The number of carbonyl (C=O) groups excluding carboxylic acids is 1. The van der Waals surface area contributed by atoms with E-state index in [2.05, 4.69) is 36.8 Å². The molecule has 0 aliphatic carbocycles. The van der Waals surface area contributed by atoms with Gasteiger partial charge in [0.1, 0.15) is 0 Å². The molecule has 0 aromatic carbocycles. The maximum Gasteiger partial charge on any atom is 0.241 e. The summed E-state index contributed by atoms with van der Waals surface area (Å²) in [5, 5.41) is 7.64. The van der Waals surface area contributed by atoms with Crippen molar-refractivity contribution < 1.29 is 4.79 Å². The molecule has 2 heterocycles. The zero-order chi connectivity index (χ0) is 12.6. The summed E-state index contributed by atoms with van der Waals surface area (Å²) in [5.41, 5.74) is 2.55. The van der Waals surface area contributed by atoms with E-state index in [1.165, 1.54) is 11.1 Å². The molecule has 4 heteroatoms. The zero-order valence-corrected chi connectivity index (χ0v) is 11.7. The second-order valence-electron chi connectivity index (χ2n) is 5.12. The molecule has 1 amide bonds. The maximum absolute atomic E-state index is 12.1. The number of hydrogen-bond donors (Lipinski definition) is 1. The van der Waals surface area contributed by atoms with Gasteiger partial charge in [-0.1, -0.05) is 13.8 Å². The zero-order valence-electron chi connectivity index (χ0n) is 10.9. The van der Waals surface area contributed by atoms with Crippen LogP contribution in [-0.4, -0.2) is 23.0 Å². The Morgan fingerprint density at radius 3 is 2.71 bits per heavy atom. The van der Waals surface area contributed by atoms with Crippen molar-refractivity contribution in [1.82, 2.24) is 10.2 Å². The van der Waals surface area contributed by atoms with Gasteiger partial charge in [-0.05, 0) is 41.7 Å². The number of carbonyl (C=O) groups is 1. The van der Waals surface area contributed by atoms with Crippen molar-refractivity contribution in [3.63, 3.8) is 0 Å². The van der Waals surface area contributed by atoms with Crippen LogP contribution in [0, 0.1) is 12.8 Å². The first-order chi connectivity index (χ1) is 8.00. The normalized spacial score (nSPS) is 25.0. The highest BCUT2D eigenvalue weighted by molar-refractivity contribution is 7.08. The first-order valence-electron chi connectivity index (χ1n) is 6.09. The molecule has 0 spiro atoms. The molecule has 1 aromatic rings. The highest BCUT2D eigenvalue weighted by Gasteiger charge is 2.37. The average molecular weight is 252 g/mol. The predicted octanol–water partition coefficient (Wildman–Crippen LogP) is 2.36. The molecule has 94 valence electrons. The lowest BCUT2D eigenvalue weighted by atomic mass is 10.1. The number of aryl methyl sites for hydroxylation is 1. The molecule has 0 bridgehead atoms. The van der Waals surface area contributed by atoms with Crippen molar-refractivity contribution in [2.75, 3.05) is 0 Å². The van der Waals surface area contributed by atoms with Crippen LogP contribution in [0.2, 0.25) is 0 Å². The number of thiophene rings is 1. The van der Waals surface area contributed by atoms with E-state index in [1.54, 1.807) is 11.3 Å². The summed E-state index contributed by atoms with van der Waals surface area (Å²) in [6, 6.07) is -0.0543. The molecule has 17 heavy (non-hydrogen) atoms. The van der Waals surface area contributed by atoms with Crippen LogP contribution in [-0.2, 0) is 11.3 Å². The molecule has 1 fully saturated rings.